The van der Waals surface area contributed by atoms with Gasteiger partial charge in [0.05, 0.1) is 23.6 Å². The topological polar surface area (TPSA) is 81.0 Å². The van der Waals surface area contributed by atoms with Crippen LogP contribution in [-0.4, -0.2) is 23.1 Å². The first-order chi connectivity index (χ1) is 8.74. The summed E-state index contributed by atoms with van der Waals surface area (Å²) < 4.78 is 17.6. The maximum absolute atomic E-state index is 12.3. The molecule has 0 aliphatic carbocycles. The summed E-state index contributed by atoms with van der Waals surface area (Å²) in [5, 5.41) is 0.477. The SMILES string of the molecule is Cl.NC/C(=C\F)COc1ccc2c(=O)[nH]cnc2c1. The molecule has 0 spiro atoms. The van der Waals surface area contributed by atoms with E-state index in [1.807, 2.05) is 0 Å². The van der Waals surface area contributed by atoms with Crippen LogP contribution in [0.2, 0.25) is 0 Å². The Bertz CT molecular complexity index is 642. The highest BCUT2D eigenvalue weighted by molar-refractivity contribution is 5.85. The third-order valence-corrected chi connectivity index (χ3v) is 2.45. The van der Waals surface area contributed by atoms with E-state index in [1.165, 1.54) is 6.33 Å². The number of nitrogens with one attached hydrogen (secondary N) is 1. The highest BCUT2D eigenvalue weighted by Crippen LogP contribution is 2.16. The van der Waals surface area contributed by atoms with Crippen molar-refractivity contribution >= 4 is 23.3 Å². The standard InChI is InChI=1S/C12H12FN3O2.ClH/c13-4-8(5-14)6-18-9-1-2-10-11(3-9)15-7-16-12(10)17;/h1-4,7H,5-6,14H2,(H,15,16,17);1H/b8-4+;. The first kappa shape index (κ1) is 15.1. The van der Waals surface area contributed by atoms with Gasteiger partial charge in [0.15, 0.2) is 0 Å². The number of rotatable bonds is 4. The summed E-state index contributed by atoms with van der Waals surface area (Å²) in [4.78, 5) is 17.9. The molecule has 2 aromatic rings. The number of fused-ring (bicyclic) bond motifs is 1. The van der Waals surface area contributed by atoms with Crippen molar-refractivity contribution < 1.29 is 9.13 Å². The third kappa shape index (κ3) is 3.52. The van der Waals surface area contributed by atoms with Crippen LogP contribution in [0.3, 0.4) is 0 Å². The molecule has 1 heterocycles. The Kier molecular flexibility index (Phi) is 5.47. The molecule has 0 aliphatic heterocycles. The normalized spacial score (nSPS) is 11.2. The van der Waals surface area contributed by atoms with Crippen molar-refractivity contribution in [3.05, 3.63) is 46.8 Å². The number of aromatic nitrogens is 2. The summed E-state index contributed by atoms with van der Waals surface area (Å²) >= 11 is 0. The monoisotopic (exact) mass is 285 g/mol. The maximum Gasteiger partial charge on any atom is 0.258 e. The molecule has 7 heteroatoms. The van der Waals surface area contributed by atoms with Gasteiger partial charge in [-0.15, -0.1) is 12.4 Å². The Balaban J connectivity index is 0.00000180. The van der Waals surface area contributed by atoms with Crippen LogP contribution in [-0.2, 0) is 0 Å². The summed E-state index contributed by atoms with van der Waals surface area (Å²) in [6.07, 6.45) is 1.76. The van der Waals surface area contributed by atoms with E-state index in [4.69, 9.17) is 10.5 Å². The zero-order chi connectivity index (χ0) is 13.0. The lowest BCUT2D eigenvalue weighted by molar-refractivity contribution is 0.348. The second-order valence-electron chi connectivity index (χ2n) is 3.67. The van der Waals surface area contributed by atoms with Gasteiger partial charge < -0.3 is 15.5 Å². The van der Waals surface area contributed by atoms with Crippen molar-refractivity contribution in [2.75, 3.05) is 13.2 Å². The van der Waals surface area contributed by atoms with Crippen LogP contribution < -0.4 is 16.0 Å². The fraction of sp³-hybridized carbons (Fsp3) is 0.167. The minimum Gasteiger partial charge on any atom is -0.489 e. The van der Waals surface area contributed by atoms with E-state index in [0.29, 0.717) is 28.6 Å². The number of nitrogens with zero attached hydrogens (tertiary/aromatic N) is 1. The molecule has 2 rings (SSSR count). The van der Waals surface area contributed by atoms with Crippen molar-refractivity contribution in [1.82, 2.24) is 9.97 Å². The zero-order valence-corrected chi connectivity index (χ0v) is 10.7. The first-order valence-corrected chi connectivity index (χ1v) is 5.33. The van der Waals surface area contributed by atoms with E-state index in [2.05, 4.69) is 9.97 Å². The van der Waals surface area contributed by atoms with Gasteiger partial charge in [-0.25, -0.2) is 9.37 Å². The molecule has 0 saturated heterocycles. The van der Waals surface area contributed by atoms with Gasteiger partial charge in [0.25, 0.3) is 5.56 Å². The lowest BCUT2D eigenvalue weighted by atomic mass is 10.2. The average molecular weight is 286 g/mol. The number of hydrogen-bond acceptors (Lipinski definition) is 4. The molecule has 0 unspecified atom stereocenters. The van der Waals surface area contributed by atoms with Crippen molar-refractivity contribution in [2.45, 2.75) is 0 Å². The molecule has 3 N–H and O–H groups in total. The molecule has 5 nitrogen and oxygen atoms in total. The molecule has 102 valence electrons. The van der Waals surface area contributed by atoms with E-state index in [1.54, 1.807) is 18.2 Å². The van der Waals surface area contributed by atoms with Gasteiger partial charge in [0, 0.05) is 18.2 Å². The van der Waals surface area contributed by atoms with Crippen LogP contribution in [0, 0.1) is 0 Å². The van der Waals surface area contributed by atoms with Crippen LogP contribution in [0.15, 0.2) is 41.2 Å². The van der Waals surface area contributed by atoms with Gasteiger partial charge in [-0.05, 0) is 12.1 Å². The Morgan fingerprint density at radius 3 is 3.00 bits per heavy atom. The lowest BCUT2D eigenvalue weighted by Gasteiger charge is -2.07. The second kappa shape index (κ2) is 6.86. The summed E-state index contributed by atoms with van der Waals surface area (Å²) in [5.74, 6) is 0.508. The summed E-state index contributed by atoms with van der Waals surface area (Å²) in [5.41, 5.74) is 5.98. The molecule has 0 bridgehead atoms. The maximum atomic E-state index is 12.3. The first-order valence-electron chi connectivity index (χ1n) is 5.33. The summed E-state index contributed by atoms with van der Waals surface area (Å²) in [6.45, 7) is 0.170. The zero-order valence-electron chi connectivity index (χ0n) is 9.93. The van der Waals surface area contributed by atoms with Gasteiger partial charge in [-0.2, -0.15) is 0 Å². The lowest BCUT2D eigenvalue weighted by Crippen LogP contribution is -2.11. The Labute approximate surface area is 114 Å². The van der Waals surface area contributed by atoms with Gasteiger partial charge in [-0.3, -0.25) is 4.79 Å². The minimum atomic E-state index is -0.210. The molecule has 0 radical (unpaired) electrons. The molecule has 0 aliphatic rings. The summed E-state index contributed by atoms with van der Waals surface area (Å²) in [6, 6.07) is 4.86. The van der Waals surface area contributed by atoms with Gasteiger partial charge in [-0.1, -0.05) is 0 Å². The van der Waals surface area contributed by atoms with Crippen molar-refractivity contribution in [3.63, 3.8) is 0 Å². The molecular weight excluding hydrogens is 273 g/mol. The van der Waals surface area contributed by atoms with Crippen molar-refractivity contribution in [3.8, 4) is 5.75 Å². The predicted octanol–water partition coefficient (Wildman–Crippen LogP) is 1.54. The average Bonchev–Trinajstić information content (AvgIpc) is 2.40. The van der Waals surface area contributed by atoms with Crippen molar-refractivity contribution in [1.29, 1.82) is 0 Å². The van der Waals surface area contributed by atoms with E-state index >= 15 is 0 Å². The Morgan fingerprint density at radius 2 is 2.32 bits per heavy atom. The van der Waals surface area contributed by atoms with Crippen molar-refractivity contribution in [2.24, 2.45) is 5.73 Å². The van der Waals surface area contributed by atoms with Gasteiger partial charge in [0.1, 0.15) is 12.4 Å². The fourth-order valence-electron chi connectivity index (χ4n) is 1.45. The van der Waals surface area contributed by atoms with E-state index < -0.39 is 0 Å². The number of ether oxygens (including phenoxy) is 1. The number of nitrogens with two attached hydrogens (primary N) is 1. The third-order valence-electron chi connectivity index (χ3n) is 2.45. The Hall–Kier alpha value is -1.92. The summed E-state index contributed by atoms with van der Waals surface area (Å²) in [7, 11) is 0. The molecule has 1 aromatic carbocycles. The largest absolute Gasteiger partial charge is 0.489 e. The number of benzene rings is 1. The molecular formula is C12H13ClFN3O2. The molecule has 19 heavy (non-hydrogen) atoms. The number of hydrogen-bond donors (Lipinski definition) is 2. The van der Waals surface area contributed by atoms with E-state index in [-0.39, 0.29) is 31.1 Å². The van der Waals surface area contributed by atoms with Crippen LogP contribution in [0.1, 0.15) is 0 Å². The van der Waals surface area contributed by atoms with Crippen LogP contribution >= 0.6 is 12.4 Å². The molecule has 0 fully saturated rings. The highest BCUT2D eigenvalue weighted by atomic mass is 35.5. The number of aromatic amines is 1. The van der Waals surface area contributed by atoms with E-state index in [0.717, 1.165) is 0 Å². The smallest absolute Gasteiger partial charge is 0.258 e. The minimum absolute atomic E-state index is 0. The van der Waals surface area contributed by atoms with Crippen LogP contribution in [0.4, 0.5) is 4.39 Å². The molecule has 0 atom stereocenters. The highest BCUT2D eigenvalue weighted by Gasteiger charge is 2.02. The molecule has 0 saturated carbocycles. The quantitative estimate of drug-likeness (QED) is 0.893. The number of halogens is 2. The second-order valence-corrected chi connectivity index (χ2v) is 3.67. The molecule has 0 amide bonds. The molecule has 1 aromatic heterocycles. The van der Waals surface area contributed by atoms with Gasteiger partial charge in [0.2, 0.25) is 0 Å². The Morgan fingerprint density at radius 1 is 1.53 bits per heavy atom. The van der Waals surface area contributed by atoms with Crippen LogP contribution in [0.5, 0.6) is 5.75 Å². The fourth-order valence-corrected chi connectivity index (χ4v) is 1.45. The predicted molar refractivity (Wildman–Crippen MR) is 73.4 cm³/mol. The van der Waals surface area contributed by atoms with E-state index in [9.17, 15) is 9.18 Å². The van der Waals surface area contributed by atoms with Crippen LogP contribution in [0.25, 0.3) is 10.9 Å². The van der Waals surface area contributed by atoms with Gasteiger partial charge >= 0.3 is 0 Å². The number of H-pyrrole nitrogens is 1.